The van der Waals surface area contributed by atoms with Gasteiger partial charge in [0.05, 0.1) is 5.69 Å². The molecule has 0 bridgehead atoms. The Labute approximate surface area is 88.5 Å². The van der Waals surface area contributed by atoms with Crippen molar-refractivity contribution in [2.24, 2.45) is 5.41 Å². The van der Waals surface area contributed by atoms with E-state index in [0.29, 0.717) is 0 Å². The van der Waals surface area contributed by atoms with Crippen molar-refractivity contribution in [2.45, 2.75) is 26.8 Å². The molecule has 1 heterocycles. The van der Waals surface area contributed by atoms with E-state index in [2.05, 4.69) is 28.8 Å². The summed E-state index contributed by atoms with van der Waals surface area (Å²) in [7, 11) is 0. The number of aromatic nitrogens is 2. The first-order valence-electron chi connectivity index (χ1n) is 4.71. The van der Waals surface area contributed by atoms with Crippen LogP contribution in [0.1, 0.15) is 26.0 Å². The lowest BCUT2D eigenvalue weighted by atomic mass is 9.90. The van der Waals surface area contributed by atoms with Gasteiger partial charge in [-0.2, -0.15) is 0 Å². The maximum absolute atomic E-state index is 8.84. The second kappa shape index (κ2) is 5.38. The van der Waals surface area contributed by atoms with Crippen LogP contribution in [0.5, 0.6) is 0 Å². The van der Waals surface area contributed by atoms with E-state index in [1.807, 2.05) is 5.38 Å². The molecule has 80 valence electrons. The van der Waals surface area contributed by atoms with Gasteiger partial charge in [-0.1, -0.05) is 18.3 Å². The molecule has 0 radical (unpaired) electrons. The highest BCUT2D eigenvalue weighted by atomic mass is 32.1. The van der Waals surface area contributed by atoms with Gasteiger partial charge in [-0.05, 0) is 23.4 Å². The minimum atomic E-state index is 0.137. The van der Waals surface area contributed by atoms with Crippen LogP contribution in [0.15, 0.2) is 5.38 Å². The number of hydrogen-bond acceptors (Lipinski definition) is 5. The molecule has 0 aliphatic carbocycles. The summed E-state index contributed by atoms with van der Waals surface area (Å²) < 4.78 is 3.79. The van der Waals surface area contributed by atoms with Gasteiger partial charge in [0.1, 0.15) is 0 Å². The van der Waals surface area contributed by atoms with Gasteiger partial charge in [0.15, 0.2) is 0 Å². The van der Waals surface area contributed by atoms with Crippen LogP contribution in [0.3, 0.4) is 0 Å². The van der Waals surface area contributed by atoms with Gasteiger partial charge in [0.25, 0.3) is 0 Å². The Kier molecular flexibility index (Phi) is 4.44. The molecule has 0 aliphatic heterocycles. The quantitative estimate of drug-likeness (QED) is 0.744. The highest BCUT2D eigenvalue weighted by Crippen LogP contribution is 2.17. The molecule has 0 saturated heterocycles. The molecule has 1 aromatic heterocycles. The van der Waals surface area contributed by atoms with Crippen molar-refractivity contribution < 1.29 is 5.11 Å². The molecule has 0 fully saturated rings. The molecule has 0 unspecified atom stereocenters. The summed E-state index contributed by atoms with van der Waals surface area (Å²) in [5.41, 5.74) is 1.12. The molecule has 0 atom stereocenters. The fourth-order valence-corrected chi connectivity index (χ4v) is 1.63. The van der Waals surface area contributed by atoms with Crippen LogP contribution >= 0.6 is 11.5 Å². The molecule has 0 aromatic carbocycles. The number of hydrogen-bond donors (Lipinski definition) is 2. The Morgan fingerprint density at radius 2 is 2.36 bits per heavy atom. The second-order valence-electron chi connectivity index (χ2n) is 4.14. The zero-order valence-electron chi connectivity index (χ0n) is 8.66. The van der Waals surface area contributed by atoms with Gasteiger partial charge in [0, 0.05) is 25.1 Å². The summed E-state index contributed by atoms with van der Waals surface area (Å²) in [6.07, 6.45) is 0.815. The Morgan fingerprint density at radius 3 is 2.93 bits per heavy atom. The van der Waals surface area contributed by atoms with E-state index in [1.165, 1.54) is 11.5 Å². The highest BCUT2D eigenvalue weighted by molar-refractivity contribution is 7.03. The van der Waals surface area contributed by atoms with Crippen molar-refractivity contribution in [3.05, 3.63) is 11.1 Å². The van der Waals surface area contributed by atoms with Crippen LogP contribution in [0, 0.1) is 5.41 Å². The zero-order chi connectivity index (χ0) is 10.4. The number of aliphatic hydroxyl groups excluding tert-OH is 1. The van der Waals surface area contributed by atoms with E-state index in [1.54, 1.807) is 0 Å². The molecule has 0 aliphatic rings. The molecule has 1 rings (SSSR count). The van der Waals surface area contributed by atoms with Gasteiger partial charge < -0.3 is 10.4 Å². The van der Waals surface area contributed by atoms with E-state index in [4.69, 9.17) is 5.11 Å². The maximum Gasteiger partial charge on any atom is 0.0893 e. The predicted molar refractivity (Wildman–Crippen MR) is 57.1 cm³/mol. The summed E-state index contributed by atoms with van der Waals surface area (Å²) in [6, 6.07) is 0. The number of nitrogens with one attached hydrogen (secondary N) is 1. The lowest BCUT2D eigenvalue weighted by molar-refractivity contribution is 0.207. The Hall–Kier alpha value is -0.520. The van der Waals surface area contributed by atoms with Crippen LogP contribution in [0.2, 0.25) is 0 Å². The molecular weight excluding hydrogens is 198 g/mol. The molecular formula is C9H17N3OS. The SMILES string of the molecule is CC(C)(CCO)CNCc1csnn1. The van der Waals surface area contributed by atoms with Crippen molar-refractivity contribution >= 4 is 11.5 Å². The summed E-state index contributed by atoms with van der Waals surface area (Å²) in [4.78, 5) is 0. The average molecular weight is 215 g/mol. The third-order valence-corrected chi connectivity index (χ3v) is 2.66. The fraction of sp³-hybridized carbons (Fsp3) is 0.778. The van der Waals surface area contributed by atoms with Crippen molar-refractivity contribution in [1.82, 2.24) is 14.9 Å². The highest BCUT2D eigenvalue weighted by Gasteiger charge is 2.16. The molecule has 2 N–H and O–H groups in total. The van der Waals surface area contributed by atoms with Crippen molar-refractivity contribution in [1.29, 1.82) is 0 Å². The molecule has 5 heteroatoms. The van der Waals surface area contributed by atoms with E-state index < -0.39 is 0 Å². The third kappa shape index (κ3) is 4.13. The minimum Gasteiger partial charge on any atom is -0.396 e. The molecule has 14 heavy (non-hydrogen) atoms. The molecule has 0 amide bonds. The first-order chi connectivity index (χ1) is 6.64. The number of rotatable bonds is 6. The third-order valence-electron chi connectivity index (χ3n) is 2.10. The van der Waals surface area contributed by atoms with Crippen LogP contribution in [0.4, 0.5) is 0 Å². The predicted octanol–water partition coefficient (Wildman–Crippen LogP) is 1.04. The first kappa shape index (κ1) is 11.6. The lowest BCUT2D eigenvalue weighted by Gasteiger charge is -2.23. The summed E-state index contributed by atoms with van der Waals surface area (Å²) in [5, 5.41) is 18.0. The van der Waals surface area contributed by atoms with E-state index in [9.17, 15) is 0 Å². The van der Waals surface area contributed by atoms with Crippen LogP contribution in [-0.2, 0) is 6.54 Å². The standard InChI is InChI=1S/C9H17N3OS/c1-9(2,3-4-13)7-10-5-8-6-14-12-11-8/h6,10,13H,3-5,7H2,1-2H3. The van der Waals surface area contributed by atoms with Crippen molar-refractivity contribution in [3.63, 3.8) is 0 Å². The summed E-state index contributed by atoms with van der Waals surface area (Å²) >= 11 is 1.37. The molecule has 4 nitrogen and oxygen atoms in total. The average Bonchev–Trinajstić information content (AvgIpc) is 2.56. The number of nitrogens with zero attached hydrogens (tertiary/aromatic N) is 2. The van der Waals surface area contributed by atoms with Crippen LogP contribution < -0.4 is 5.32 Å². The molecule has 1 aromatic rings. The Bertz CT molecular complexity index is 249. The molecule has 0 spiro atoms. The topological polar surface area (TPSA) is 58.0 Å². The summed E-state index contributed by atoms with van der Waals surface area (Å²) in [6.45, 7) is 6.15. The Balaban J connectivity index is 2.20. The first-order valence-corrected chi connectivity index (χ1v) is 5.55. The lowest BCUT2D eigenvalue weighted by Crippen LogP contribution is -2.29. The van der Waals surface area contributed by atoms with Crippen LogP contribution in [-0.4, -0.2) is 27.8 Å². The number of aliphatic hydroxyl groups is 1. The van der Waals surface area contributed by atoms with Crippen LogP contribution in [0.25, 0.3) is 0 Å². The largest absolute Gasteiger partial charge is 0.396 e. The summed E-state index contributed by atoms with van der Waals surface area (Å²) in [5.74, 6) is 0. The normalized spacial score (nSPS) is 11.9. The maximum atomic E-state index is 8.84. The van der Waals surface area contributed by atoms with Gasteiger partial charge in [-0.15, -0.1) is 5.10 Å². The van der Waals surface area contributed by atoms with Gasteiger partial charge >= 0.3 is 0 Å². The van der Waals surface area contributed by atoms with Gasteiger partial charge in [-0.3, -0.25) is 0 Å². The van der Waals surface area contributed by atoms with E-state index in [0.717, 1.165) is 25.2 Å². The van der Waals surface area contributed by atoms with E-state index in [-0.39, 0.29) is 12.0 Å². The molecule has 0 saturated carbocycles. The smallest absolute Gasteiger partial charge is 0.0893 e. The van der Waals surface area contributed by atoms with Gasteiger partial charge in [-0.25, -0.2) is 0 Å². The Morgan fingerprint density at radius 1 is 1.57 bits per heavy atom. The monoisotopic (exact) mass is 215 g/mol. The minimum absolute atomic E-state index is 0.137. The van der Waals surface area contributed by atoms with Crippen molar-refractivity contribution in [3.8, 4) is 0 Å². The fourth-order valence-electron chi connectivity index (χ4n) is 1.18. The second-order valence-corrected chi connectivity index (χ2v) is 4.75. The van der Waals surface area contributed by atoms with Gasteiger partial charge in [0.2, 0.25) is 0 Å². The van der Waals surface area contributed by atoms with E-state index >= 15 is 0 Å². The van der Waals surface area contributed by atoms with Crippen molar-refractivity contribution in [2.75, 3.05) is 13.2 Å². The zero-order valence-corrected chi connectivity index (χ0v) is 9.47.